The Kier molecular flexibility index (Phi) is 6.22. The molecule has 2 rings (SSSR count). The lowest BCUT2D eigenvalue weighted by atomic mass is 10.2. The van der Waals surface area contributed by atoms with Gasteiger partial charge in [0.15, 0.2) is 0 Å². The van der Waals surface area contributed by atoms with Crippen molar-refractivity contribution in [2.24, 2.45) is 0 Å². The highest BCUT2D eigenvalue weighted by Gasteiger charge is 2.09. The van der Waals surface area contributed by atoms with Crippen LogP contribution in [0.4, 0.5) is 0 Å². The van der Waals surface area contributed by atoms with Crippen molar-refractivity contribution < 1.29 is 4.74 Å². The van der Waals surface area contributed by atoms with E-state index in [9.17, 15) is 0 Å². The Balaban J connectivity index is 1.44. The fraction of sp³-hybridized carbons (Fsp3) is 0.647. The molecule has 0 radical (unpaired) electrons. The molecule has 0 unspecified atom stereocenters. The van der Waals surface area contributed by atoms with E-state index in [0.717, 1.165) is 12.4 Å². The summed E-state index contributed by atoms with van der Waals surface area (Å²) < 4.78 is 5.73. The van der Waals surface area contributed by atoms with E-state index in [-0.39, 0.29) is 0 Å². The highest BCUT2D eigenvalue weighted by molar-refractivity contribution is 5.26. The van der Waals surface area contributed by atoms with Crippen molar-refractivity contribution in [1.29, 1.82) is 0 Å². The fourth-order valence-electron chi connectivity index (χ4n) is 2.62. The molecule has 0 N–H and O–H groups in total. The van der Waals surface area contributed by atoms with Crippen LogP contribution < -0.4 is 4.74 Å². The van der Waals surface area contributed by atoms with Gasteiger partial charge in [-0.25, -0.2) is 0 Å². The van der Waals surface area contributed by atoms with Gasteiger partial charge in [-0.05, 0) is 64.4 Å². The number of hydrogen-bond acceptors (Lipinski definition) is 2. The van der Waals surface area contributed by atoms with Crippen LogP contribution in [0, 0.1) is 6.92 Å². The van der Waals surface area contributed by atoms with E-state index in [1.807, 2.05) is 0 Å². The Labute approximate surface area is 117 Å². The van der Waals surface area contributed by atoms with E-state index in [4.69, 9.17) is 4.74 Å². The molecule has 2 nitrogen and oxygen atoms in total. The zero-order chi connectivity index (χ0) is 13.3. The fourth-order valence-corrected chi connectivity index (χ4v) is 2.62. The molecule has 1 heterocycles. The molecule has 1 aliphatic heterocycles. The molecule has 0 saturated carbocycles. The van der Waals surface area contributed by atoms with Gasteiger partial charge in [0, 0.05) is 0 Å². The van der Waals surface area contributed by atoms with E-state index < -0.39 is 0 Å². The third kappa shape index (κ3) is 5.65. The summed E-state index contributed by atoms with van der Waals surface area (Å²) in [4.78, 5) is 2.60. The SMILES string of the molecule is Cc1ccc(OCCCCCCN2CCCC2)cc1. The van der Waals surface area contributed by atoms with Crippen molar-refractivity contribution in [3.63, 3.8) is 0 Å². The minimum atomic E-state index is 0.854. The van der Waals surface area contributed by atoms with Crippen LogP contribution >= 0.6 is 0 Å². The topological polar surface area (TPSA) is 12.5 Å². The lowest BCUT2D eigenvalue weighted by Crippen LogP contribution is -2.20. The molecule has 1 aromatic rings. The maximum Gasteiger partial charge on any atom is 0.119 e. The van der Waals surface area contributed by atoms with E-state index in [1.165, 1.54) is 63.7 Å². The Morgan fingerprint density at radius 2 is 1.63 bits per heavy atom. The number of nitrogens with zero attached hydrogens (tertiary/aromatic N) is 1. The molecule has 1 aliphatic rings. The van der Waals surface area contributed by atoms with Gasteiger partial charge in [0.05, 0.1) is 6.61 Å². The average Bonchev–Trinajstić information content (AvgIpc) is 2.93. The first-order chi connectivity index (χ1) is 9.34. The molecule has 0 spiro atoms. The first kappa shape index (κ1) is 14.4. The highest BCUT2D eigenvalue weighted by atomic mass is 16.5. The van der Waals surface area contributed by atoms with Crippen LogP contribution in [0.1, 0.15) is 44.1 Å². The van der Waals surface area contributed by atoms with Gasteiger partial charge in [-0.2, -0.15) is 0 Å². The van der Waals surface area contributed by atoms with Crippen LogP contribution in [-0.4, -0.2) is 31.1 Å². The number of likely N-dealkylation sites (tertiary alicyclic amines) is 1. The Bertz CT molecular complexity index is 341. The van der Waals surface area contributed by atoms with Crippen LogP contribution in [0.5, 0.6) is 5.75 Å². The maximum atomic E-state index is 5.73. The van der Waals surface area contributed by atoms with E-state index in [1.54, 1.807) is 0 Å². The zero-order valence-corrected chi connectivity index (χ0v) is 12.2. The van der Waals surface area contributed by atoms with Gasteiger partial charge in [-0.3, -0.25) is 0 Å². The molecule has 0 aliphatic carbocycles. The number of hydrogen-bond donors (Lipinski definition) is 0. The van der Waals surface area contributed by atoms with Crippen molar-refractivity contribution in [3.8, 4) is 5.75 Å². The van der Waals surface area contributed by atoms with Crippen molar-refractivity contribution >= 4 is 0 Å². The number of unbranched alkanes of at least 4 members (excludes halogenated alkanes) is 3. The smallest absolute Gasteiger partial charge is 0.119 e. The van der Waals surface area contributed by atoms with Crippen LogP contribution in [0.3, 0.4) is 0 Å². The molecule has 0 aromatic heterocycles. The van der Waals surface area contributed by atoms with Crippen LogP contribution in [0.2, 0.25) is 0 Å². The van der Waals surface area contributed by atoms with Crippen molar-refractivity contribution in [3.05, 3.63) is 29.8 Å². The van der Waals surface area contributed by atoms with Crippen LogP contribution in [-0.2, 0) is 0 Å². The van der Waals surface area contributed by atoms with Crippen molar-refractivity contribution in [1.82, 2.24) is 4.90 Å². The number of rotatable bonds is 8. The summed E-state index contributed by atoms with van der Waals surface area (Å²) in [6, 6.07) is 8.32. The molecular weight excluding hydrogens is 234 g/mol. The monoisotopic (exact) mass is 261 g/mol. The Hall–Kier alpha value is -1.02. The second kappa shape index (κ2) is 8.21. The first-order valence-electron chi connectivity index (χ1n) is 7.76. The standard InChI is InChI=1S/C17H27NO/c1-16-8-10-17(11-9-16)19-15-7-3-2-4-12-18-13-5-6-14-18/h8-11H,2-7,12-15H2,1H3. The van der Waals surface area contributed by atoms with Crippen LogP contribution in [0.15, 0.2) is 24.3 Å². The second-order valence-corrected chi connectivity index (χ2v) is 5.62. The van der Waals surface area contributed by atoms with Gasteiger partial charge in [0.2, 0.25) is 0 Å². The van der Waals surface area contributed by atoms with Gasteiger partial charge in [-0.1, -0.05) is 30.5 Å². The van der Waals surface area contributed by atoms with Gasteiger partial charge < -0.3 is 9.64 Å². The van der Waals surface area contributed by atoms with Crippen LogP contribution in [0.25, 0.3) is 0 Å². The number of benzene rings is 1. The minimum absolute atomic E-state index is 0.854. The normalized spacial score (nSPS) is 15.8. The molecule has 19 heavy (non-hydrogen) atoms. The van der Waals surface area contributed by atoms with Gasteiger partial charge >= 0.3 is 0 Å². The quantitative estimate of drug-likeness (QED) is 0.655. The summed E-state index contributed by atoms with van der Waals surface area (Å²) in [6.07, 6.45) is 7.97. The molecule has 2 heteroatoms. The largest absolute Gasteiger partial charge is 0.494 e. The number of aryl methyl sites for hydroxylation is 1. The summed E-state index contributed by atoms with van der Waals surface area (Å²) in [6.45, 7) is 6.92. The highest BCUT2D eigenvalue weighted by Crippen LogP contribution is 2.13. The third-order valence-corrected chi connectivity index (χ3v) is 3.86. The predicted octanol–water partition coefficient (Wildman–Crippen LogP) is 4.03. The minimum Gasteiger partial charge on any atom is -0.494 e. The lowest BCUT2D eigenvalue weighted by Gasteiger charge is -2.13. The maximum absolute atomic E-state index is 5.73. The van der Waals surface area contributed by atoms with Gasteiger partial charge in [0.1, 0.15) is 5.75 Å². The Morgan fingerprint density at radius 1 is 0.947 bits per heavy atom. The second-order valence-electron chi connectivity index (χ2n) is 5.62. The lowest BCUT2D eigenvalue weighted by molar-refractivity contribution is 0.297. The molecule has 0 amide bonds. The molecule has 1 saturated heterocycles. The summed E-state index contributed by atoms with van der Waals surface area (Å²) in [5.74, 6) is 1.00. The zero-order valence-electron chi connectivity index (χ0n) is 12.2. The molecule has 106 valence electrons. The van der Waals surface area contributed by atoms with E-state index in [2.05, 4.69) is 36.1 Å². The summed E-state index contributed by atoms with van der Waals surface area (Å²) in [5, 5.41) is 0. The molecule has 0 atom stereocenters. The first-order valence-corrected chi connectivity index (χ1v) is 7.76. The molecule has 1 aromatic carbocycles. The van der Waals surface area contributed by atoms with E-state index in [0.29, 0.717) is 0 Å². The summed E-state index contributed by atoms with van der Waals surface area (Å²) in [7, 11) is 0. The van der Waals surface area contributed by atoms with Crippen molar-refractivity contribution in [2.45, 2.75) is 45.4 Å². The molecular formula is C17H27NO. The summed E-state index contributed by atoms with van der Waals surface area (Å²) >= 11 is 0. The molecule has 0 bridgehead atoms. The summed E-state index contributed by atoms with van der Waals surface area (Å²) in [5.41, 5.74) is 1.29. The predicted molar refractivity (Wildman–Crippen MR) is 80.8 cm³/mol. The van der Waals surface area contributed by atoms with Gasteiger partial charge in [0.25, 0.3) is 0 Å². The van der Waals surface area contributed by atoms with E-state index >= 15 is 0 Å². The van der Waals surface area contributed by atoms with Gasteiger partial charge in [-0.15, -0.1) is 0 Å². The Morgan fingerprint density at radius 3 is 2.37 bits per heavy atom. The third-order valence-electron chi connectivity index (χ3n) is 3.86. The average molecular weight is 261 g/mol. The number of ether oxygens (including phenoxy) is 1. The molecule has 1 fully saturated rings. The van der Waals surface area contributed by atoms with Crippen molar-refractivity contribution in [2.75, 3.05) is 26.2 Å².